The summed E-state index contributed by atoms with van der Waals surface area (Å²) in [7, 11) is 0. The number of amides is 4. The molecule has 1 rings (SSSR count). The topological polar surface area (TPSA) is 110 Å². The first-order chi connectivity index (χ1) is 8.58. The van der Waals surface area contributed by atoms with E-state index in [1.165, 1.54) is 0 Å². The lowest BCUT2D eigenvalue weighted by atomic mass is 10.1. The third-order valence-corrected chi connectivity index (χ3v) is 2.45. The normalized spacial score (nSPS) is 9.78. The molecular formula is C12H18N4O2. The zero-order chi connectivity index (χ0) is 13.4. The van der Waals surface area contributed by atoms with Crippen molar-refractivity contribution in [2.45, 2.75) is 12.8 Å². The van der Waals surface area contributed by atoms with E-state index in [-0.39, 0.29) is 0 Å². The van der Waals surface area contributed by atoms with Gasteiger partial charge in [0, 0.05) is 13.1 Å². The van der Waals surface area contributed by atoms with Crippen molar-refractivity contribution in [3.05, 3.63) is 35.4 Å². The number of benzene rings is 1. The maximum absolute atomic E-state index is 10.5. The zero-order valence-electron chi connectivity index (χ0n) is 10.1. The summed E-state index contributed by atoms with van der Waals surface area (Å²) >= 11 is 0. The van der Waals surface area contributed by atoms with E-state index in [0.717, 1.165) is 24.0 Å². The van der Waals surface area contributed by atoms with Crippen LogP contribution in [0.25, 0.3) is 0 Å². The van der Waals surface area contributed by atoms with E-state index in [2.05, 4.69) is 10.6 Å². The van der Waals surface area contributed by atoms with Gasteiger partial charge in [-0.2, -0.15) is 0 Å². The Labute approximate surface area is 106 Å². The Kier molecular flexibility index (Phi) is 5.50. The molecule has 0 saturated carbocycles. The molecule has 1 aromatic rings. The molecule has 0 unspecified atom stereocenters. The van der Waals surface area contributed by atoms with Crippen LogP contribution in [0.5, 0.6) is 0 Å². The maximum Gasteiger partial charge on any atom is 0.312 e. The third-order valence-electron chi connectivity index (χ3n) is 2.45. The second-order valence-electron chi connectivity index (χ2n) is 3.90. The van der Waals surface area contributed by atoms with Crippen LogP contribution in [0.4, 0.5) is 9.59 Å². The molecule has 0 bridgehead atoms. The molecule has 4 amide bonds. The molecule has 0 radical (unpaired) electrons. The van der Waals surface area contributed by atoms with Crippen molar-refractivity contribution >= 4 is 12.1 Å². The molecule has 6 N–H and O–H groups in total. The number of carbonyl (C=O) groups excluding carboxylic acids is 2. The highest BCUT2D eigenvalue weighted by molar-refractivity contribution is 5.71. The molecule has 1 aromatic carbocycles. The lowest BCUT2D eigenvalue weighted by Crippen LogP contribution is -2.31. The van der Waals surface area contributed by atoms with Crippen molar-refractivity contribution in [2.75, 3.05) is 13.1 Å². The van der Waals surface area contributed by atoms with Gasteiger partial charge in [0.1, 0.15) is 0 Å². The van der Waals surface area contributed by atoms with E-state index in [1.807, 2.05) is 24.3 Å². The van der Waals surface area contributed by atoms with Crippen LogP contribution >= 0.6 is 0 Å². The van der Waals surface area contributed by atoms with E-state index in [4.69, 9.17) is 11.5 Å². The first kappa shape index (κ1) is 13.8. The van der Waals surface area contributed by atoms with Gasteiger partial charge in [-0.1, -0.05) is 24.3 Å². The van der Waals surface area contributed by atoms with Gasteiger partial charge in [-0.3, -0.25) is 0 Å². The van der Waals surface area contributed by atoms with Gasteiger partial charge in [0.25, 0.3) is 0 Å². The molecule has 6 heteroatoms. The Bertz CT molecular complexity index is 364. The Balaban J connectivity index is 2.33. The minimum Gasteiger partial charge on any atom is -0.352 e. The van der Waals surface area contributed by atoms with E-state index in [1.54, 1.807) is 0 Å². The summed E-state index contributed by atoms with van der Waals surface area (Å²) in [6.45, 7) is 1.05. The average molecular weight is 250 g/mol. The molecule has 0 aliphatic heterocycles. The third kappa shape index (κ3) is 5.74. The first-order valence-electron chi connectivity index (χ1n) is 5.72. The second-order valence-corrected chi connectivity index (χ2v) is 3.90. The molecule has 0 saturated heterocycles. The van der Waals surface area contributed by atoms with E-state index >= 15 is 0 Å². The zero-order valence-corrected chi connectivity index (χ0v) is 10.1. The van der Waals surface area contributed by atoms with Crippen LogP contribution in [0.2, 0.25) is 0 Å². The molecular weight excluding hydrogens is 232 g/mol. The SMILES string of the molecule is NC(=O)NCCc1ccc(CCNC(N)=O)cc1. The van der Waals surface area contributed by atoms with Crippen LogP contribution in [0.3, 0.4) is 0 Å². The van der Waals surface area contributed by atoms with E-state index in [0.29, 0.717) is 13.1 Å². The smallest absolute Gasteiger partial charge is 0.312 e. The molecule has 0 aliphatic rings. The quantitative estimate of drug-likeness (QED) is 0.574. The first-order valence-corrected chi connectivity index (χ1v) is 5.72. The van der Waals surface area contributed by atoms with E-state index < -0.39 is 12.1 Å². The highest BCUT2D eigenvalue weighted by Gasteiger charge is 1.97. The van der Waals surface area contributed by atoms with Crippen LogP contribution in [0.15, 0.2) is 24.3 Å². The molecule has 18 heavy (non-hydrogen) atoms. The minimum absolute atomic E-state index is 0.510. The van der Waals surface area contributed by atoms with Gasteiger partial charge >= 0.3 is 12.1 Å². The van der Waals surface area contributed by atoms with Crippen molar-refractivity contribution < 1.29 is 9.59 Å². The molecule has 98 valence electrons. The monoisotopic (exact) mass is 250 g/mol. The van der Waals surface area contributed by atoms with Crippen molar-refractivity contribution in [1.82, 2.24) is 10.6 Å². The number of nitrogens with two attached hydrogens (primary N) is 2. The van der Waals surface area contributed by atoms with Gasteiger partial charge in [0.05, 0.1) is 0 Å². The highest BCUT2D eigenvalue weighted by Crippen LogP contribution is 2.05. The number of hydrogen-bond acceptors (Lipinski definition) is 2. The molecule has 6 nitrogen and oxygen atoms in total. The van der Waals surface area contributed by atoms with Gasteiger partial charge in [-0.05, 0) is 24.0 Å². The predicted octanol–water partition coefficient (Wildman–Crippen LogP) is 0.108. The average Bonchev–Trinajstić information content (AvgIpc) is 2.30. The predicted molar refractivity (Wildman–Crippen MR) is 69.0 cm³/mol. The summed E-state index contributed by atoms with van der Waals surface area (Å²) < 4.78 is 0. The molecule has 0 spiro atoms. The Hall–Kier alpha value is -2.24. The fraction of sp³-hybridized carbons (Fsp3) is 0.333. The van der Waals surface area contributed by atoms with Crippen LogP contribution in [0.1, 0.15) is 11.1 Å². The lowest BCUT2D eigenvalue weighted by molar-refractivity contribution is 0.248. The lowest BCUT2D eigenvalue weighted by Gasteiger charge is -2.05. The fourth-order valence-corrected chi connectivity index (χ4v) is 1.53. The van der Waals surface area contributed by atoms with Crippen molar-refractivity contribution in [1.29, 1.82) is 0 Å². The summed E-state index contributed by atoms with van der Waals surface area (Å²) in [5, 5.41) is 5.07. The van der Waals surface area contributed by atoms with Gasteiger partial charge in [-0.25, -0.2) is 9.59 Å². The minimum atomic E-state index is -0.510. The van der Waals surface area contributed by atoms with Crippen LogP contribution in [-0.2, 0) is 12.8 Å². The van der Waals surface area contributed by atoms with Gasteiger partial charge in [0.2, 0.25) is 0 Å². The number of nitrogens with one attached hydrogen (secondary N) is 2. The highest BCUT2D eigenvalue weighted by atomic mass is 16.2. The van der Waals surface area contributed by atoms with Crippen LogP contribution in [-0.4, -0.2) is 25.2 Å². The molecule has 0 aliphatic carbocycles. The second kappa shape index (κ2) is 7.16. The summed E-state index contributed by atoms with van der Waals surface area (Å²) in [5.41, 5.74) is 12.2. The van der Waals surface area contributed by atoms with Crippen molar-refractivity contribution in [3.63, 3.8) is 0 Å². The van der Waals surface area contributed by atoms with Crippen molar-refractivity contribution in [3.8, 4) is 0 Å². The number of primary amides is 2. The van der Waals surface area contributed by atoms with Crippen LogP contribution in [0, 0.1) is 0 Å². The number of carbonyl (C=O) groups is 2. The molecule has 0 fully saturated rings. The maximum atomic E-state index is 10.5. The summed E-state index contributed by atoms with van der Waals surface area (Å²) in [6.07, 6.45) is 1.48. The van der Waals surface area contributed by atoms with Crippen molar-refractivity contribution in [2.24, 2.45) is 11.5 Å². The Morgan fingerprint density at radius 2 is 1.17 bits per heavy atom. The number of rotatable bonds is 6. The standard InChI is InChI=1S/C12H18N4O2/c13-11(17)15-7-5-9-1-2-10(4-3-9)6-8-16-12(14)18/h1-4H,5-8H2,(H3,13,15,17)(H3,14,16,18). The van der Waals surface area contributed by atoms with Crippen LogP contribution < -0.4 is 22.1 Å². The summed E-state index contributed by atoms with van der Waals surface area (Å²) in [4.78, 5) is 21.0. The molecule has 0 aromatic heterocycles. The number of urea groups is 2. The van der Waals surface area contributed by atoms with Gasteiger partial charge < -0.3 is 22.1 Å². The molecule has 0 heterocycles. The largest absolute Gasteiger partial charge is 0.352 e. The fourth-order valence-electron chi connectivity index (χ4n) is 1.53. The Morgan fingerprint density at radius 1 is 0.833 bits per heavy atom. The summed E-state index contributed by atoms with van der Waals surface area (Å²) in [5.74, 6) is 0. The Morgan fingerprint density at radius 3 is 1.44 bits per heavy atom. The van der Waals surface area contributed by atoms with Gasteiger partial charge in [0.15, 0.2) is 0 Å². The van der Waals surface area contributed by atoms with E-state index in [9.17, 15) is 9.59 Å². The summed E-state index contributed by atoms with van der Waals surface area (Å²) in [6, 6.07) is 6.93. The molecule has 0 atom stereocenters. The number of hydrogen-bond donors (Lipinski definition) is 4. The van der Waals surface area contributed by atoms with Gasteiger partial charge in [-0.15, -0.1) is 0 Å².